The molecular formula is C13H16FN3O3. The molecule has 1 aliphatic rings. The fourth-order valence-corrected chi connectivity index (χ4v) is 2.10. The summed E-state index contributed by atoms with van der Waals surface area (Å²) in [5, 5.41) is 13.7. The SMILES string of the molecule is O=C(NCCO)N[C@H]1CC(=O)N(c2cccc(F)c2)C1. The molecule has 1 fully saturated rings. The van der Waals surface area contributed by atoms with E-state index in [1.807, 2.05) is 0 Å². The molecule has 0 saturated carbocycles. The van der Waals surface area contributed by atoms with Crippen LogP contribution in [0.5, 0.6) is 0 Å². The Kier molecular flexibility index (Phi) is 4.52. The number of carbonyl (C=O) groups excluding carboxylic acids is 2. The molecule has 108 valence electrons. The van der Waals surface area contributed by atoms with Crippen LogP contribution in [0, 0.1) is 5.82 Å². The van der Waals surface area contributed by atoms with Gasteiger partial charge in [-0.25, -0.2) is 9.18 Å². The lowest BCUT2D eigenvalue weighted by molar-refractivity contribution is -0.117. The van der Waals surface area contributed by atoms with Crippen LogP contribution in [0.4, 0.5) is 14.9 Å². The van der Waals surface area contributed by atoms with Crippen LogP contribution in [0.15, 0.2) is 24.3 Å². The van der Waals surface area contributed by atoms with Gasteiger partial charge < -0.3 is 20.6 Å². The summed E-state index contributed by atoms with van der Waals surface area (Å²) in [4.78, 5) is 24.8. The third-order valence-corrected chi connectivity index (χ3v) is 2.98. The molecule has 7 heteroatoms. The lowest BCUT2D eigenvalue weighted by Gasteiger charge is -2.17. The van der Waals surface area contributed by atoms with Gasteiger partial charge in [0.2, 0.25) is 5.91 Å². The molecule has 1 aromatic rings. The Hall–Kier alpha value is -2.15. The molecule has 1 atom stereocenters. The number of carbonyl (C=O) groups is 2. The smallest absolute Gasteiger partial charge is 0.315 e. The molecule has 1 saturated heterocycles. The van der Waals surface area contributed by atoms with Gasteiger partial charge in [0.1, 0.15) is 5.82 Å². The summed E-state index contributed by atoms with van der Waals surface area (Å²) < 4.78 is 13.2. The summed E-state index contributed by atoms with van der Waals surface area (Å²) in [6.07, 6.45) is 0.170. The van der Waals surface area contributed by atoms with Gasteiger partial charge in [0, 0.05) is 25.2 Å². The summed E-state index contributed by atoms with van der Waals surface area (Å²) in [5.74, 6) is -0.574. The van der Waals surface area contributed by atoms with Crippen molar-refractivity contribution >= 4 is 17.6 Å². The highest BCUT2D eigenvalue weighted by Crippen LogP contribution is 2.22. The second-order valence-electron chi connectivity index (χ2n) is 4.51. The number of aliphatic hydroxyl groups excluding tert-OH is 1. The van der Waals surface area contributed by atoms with Gasteiger partial charge in [-0.1, -0.05) is 6.07 Å². The molecule has 1 aromatic carbocycles. The molecule has 3 amide bonds. The zero-order valence-electron chi connectivity index (χ0n) is 10.8. The second kappa shape index (κ2) is 6.33. The van der Waals surface area contributed by atoms with Crippen molar-refractivity contribution in [1.29, 1.82) is 0 Å². The maximum Gasteiger partial charge on any atom is 0.315 e. The number of hydrogen-bond acceptors (Lipinski definition) is 3. The van der Waals surface area contributed by atoms with Crippen molar-refractivity contribution < 1.29 is 19.1 Å². The van der Waals surface area contributed by atoms with Crippen LogP contribution in [0.2, 0.25) is 0 Å². The van der Waals surface area contributed by atoms with Gasteiger partial charge in [-0.15, -0.1) is 0 Å². The van der Waals surface area contributed by atoms with Gasteiger partial charge in [0.25, 0.3) is 0 Å². The molecular weight excluding hydrogens is 265 g/mol. The summed E-state index contributed by atoms with van der Waals surface area (Å²) in [5.41, 5.74) is 0.482. The lowest BCUT2D eigenvalue weighted by Crippen LogP contribution is -2.44. The lowest BCUT2D eigenvalue weighted by atomic mass is 10.2. The topological polar surface area (TPSA) is 81.7 Å². The standard InChI is InChI=1S/C13H16FN3O3/c14-9-2-1-3-11(6-9)17-8-10(7-12(17)19)16-13(20)15-4-5-18/h1-3,6,10,18H,4-5,7-8H2,(H2,15,16,20)/t10-/m0/s1. The molecule has 0 radical (unpaired) electrons. The average Bonchev–Trinajstić information content (AvgIpc) is 2.77. The predicted molar refractivity (Wildman–Crippen MR) is 70.8 cm³/mol. The Morgan fingerprint density at radius 2 is 2.30 bits per heavy atom. The summed E-state index contributed by atoms with van der Waals surface area (Å²) in [6.45, 7) is 0.307. The fraction of sp³-hybridized carbons (Fsp3) is 0.385. The van der Waals surface area contributed by atoms with E-state index in [0.29, 0.717) is 12.2 Å². The molecule has 20 heavy (non-hydrogen) atoms. The van der Waals surface area contributed by atoms with Gasteiger partial charge in [-0.05, 0) is 18.2 Å². The number of nitrogens with zero attached hydrogens (tertiary/aromatic N) is 1. The number of rotatable bonds is 4. The molecule has 0 aromatic heterocycles. The third-order valence-electron chi connectivity index (χ3n) is 2.98. The van der Waals surface area contributed by atoms with Gasteiger partial charge in [-0.2, -0.15) is 0 Å². The molecule has 0 spiro atoms. The van der Waals surface area contributed by atoms with E-state index in [2.05, 4.69) is 10.6 Å². The summed E-state index contributed by atoms with van der Waals surface area (Å²) >= 11 is 0. The largest absolute Gasteiger partial charge is 0.395 e. The molecule has 6 nitrogen and oxygen atoms in total. The highest BCUT2D eigenvalue weighted by molar-refractivity contribution is 5.96. The van der Waals surface area contributed by atoms with Crippen molar-refractivity contribution in [3.63, 3.8) is 0 Å². The average molecular weight is 281 g/mol. The highest BCUT2D eigenvalue weighted by atomic mass is 19.1. The number of hydrogen-bond donors (Lipinski definition) is 3. The van der Waals surface area contributed by atoms with Crippen LogP contribution in [-0.2, 0) is 4.79 Å². The van der Waals surface area contributed by atoms with Crippen LogP contribution >= 0.6 is 0 Å². The van der Waals surface area contributed by atoms with Crippen LogP contribution < -0.4 is 15.5 Å². The Morgan fingerprint density at radius 1 is 1.50 bits per heavy atom. The van der Waals surface area contributed by atoms with Gasteiger partial charge in [-0.3, -0.25) is 4.79 Å². The first-order valence-electron chi connectivity index (χ1n) is 6.31. The van der Waals surface area contributed by atoms with E-state index in [1.165, 1.54) is 23.1 Å². The van der Waals surface area contributed by atoms with Crippen molar-refractivity contribution in [2.45, 2.75) is 12.5 Å². The monoisotopic (exact) mass is 281 g/mol. The number of anilines is 1. The van der Waals surface area contributed by atoms with Crippen LogP contribution in [0.1, 0.15) is 6.42 Å². The zero-order valence-corrected chi connectivity index (χ0v) is 10.8. The molecule has 3 N–H and O–H groups in total. The molecule has 1 aliphatic heterocycles. The van der Waals surface area contributed by atoms with Crippen molar-refractivity contribution in [3.05, 3.63) is 30.1 Å². The van der Waals surface area contributed by atoms with Crippen molar-refractivity contribution in [1.82, 2.24) is 10.6 Å². The summed E-state index contributed by atoms with van der Waals surface area (Å²) in [7, 11) is 0. The maximum atomic E-state index is 13.2. The zero-order chi connectivity index (χ0) is 14.5. The van der Waals surface area contributed by atoms with E-state index in [9.17, 15) is 14.0 Å². The van der Waals surface area contributed by atoms with E-state index < -0.39 is 11.8 Å². The van der Waals surface area contributed by atoms with Crippen molar-refractivity contribution in [2.24, 2.45) is 0 Å². The molecule has 2 rings (SSSR count). The Morgan fingerprint density at radius 3 is 3.00 bits per heavy atom. The van der Waals surface area contributed by atoms with Crippen LogP contribution in [0.3, 0.4) is 0 Å². The first kappa shape index (κ1) is 14.3. The van der Waals surface area contributed by atoms with E-state index >= 15 is 0 Å². The first-order valence-corrected chi connectivity index (χ1v) is 6.31. The minimum atomic E-state index is -0.432. The van der Waals surface area contributed by atoms with Crippen LogP contribution in [-0.4, -0.2) is 42.8 Å². The quantitative estimate of drug-likeness (QED) is 0.738. The van der Waals surface area contributed by atoms with E-state index in [-0.39, 0.29) is 31.5 Å². The number of aliphatic hydroxyl groups is 1. The van der Waals surface area contributed by atoms with Crippen LogP contribution in [0.25, 0.3) is 0 Å². The molecule has 0 unspecified atom stereocenters. The Bertz CT molecular complexity index is 509. The number of halogens is 1. The van der Waals surface area contributed by atoms with Crippen molar-refractivity contribution in [2.75, 3.05) is 24.6 Å². The Labute approximate surface area is 115 Å². The number of benzene rings is 1. The number of nitrogens with one attached hydrogen (secondary N) is 2. The minimum Gasteiger partial charge on any atom is -0.395 e. The third kappa shape index (κ3) is 3.45. The molecule has 0 aliphatic carbocycles. The number of amides is 3. The maximum absolute atomic E-state index is 13.2. The predicted octanol–water partition coefficient (Wildman–Crippen LogP) is 0.223. The Balaban J connectivity index is 1.95. The number of urea groups is 1. The second-order valence-corrected chi connectivity index (χ2v) is 4.51. The fourth-order valence-electron chi connectivity index (χ4n) is 2.10. The highest BCUT2D eigenvalue weighted by Gasteiger charge is 2.31. The van der Waals surface area contributed by atoms with E-state index in [4.69, 9.17) is 5.11 Å². The normalized spacial score (nSPS) is 18.2. The molecule has 0 bridgehead atoms. The van der Waals surface area contributed by atoms with Gasteiger partial charge >= 0.3 is 6.03 Å². The van der Waals surface area contributed by atoms with E-state index in [0.717, 1.165) is 0 Å². The molecule has 1 heterocycles. The summed E-state index contributed by atoms with van der Waals surface area (Å²) in [6, 6.07) is 5.01. The van der Waals surface area contributed by atoms with Crippen molar-refractivity contribution in [3.8, 4) is 0 Å². The van der Waals surface area contributed by atoms with E-state index in [1.54, 1.807) is 6.07 Å². The van der Waals surface area contributed by atoms with Gasteiger partial charge in [0.15, 0.2) is 0 Å². The first-order chi connectivity index (χ1) is 9.60. The van der Waals surface area contributed by atoms with Gasteiger partial charge in [0.05, 0.1) is 12.6 Å². The minimum absolute atomic E-state index is 0.146.